The Morgan fingerprint density at radius 1 is 0.531 bits per heavy atom. The Bertz CT molecular complexity index is 1500. The number of carbonyl (C=O) groups is 2. The number of hydrogen-bond acceptors (Lipinski definition) is 11. The zero-order valence-electron chi connectivity index (χ0n) is 39.1. The summed E-state index contributed by atoms with van der Waals surface area (Å²) in [5.41, 5.74) is 0. The van der Waals surface area contributed by atoms with E-state index in [9.17, 15) is 37.9 Å². The number of ether oxygens (including phenoxy) is 4. The molecule has 1 aliphatic rings. The first kappa shape index (κ1) is 58.8. The third-order valence-electron chi connectivity index (χ3n) is 10.4. The normalized spacial score (nSPS) is 20.4. The number of aliphatic hydroxyl groups excluding tert-OH is 3. The Morgan fingerprint density at radius 3 is 1.47 bits per heavy atom. The van der Waals surface area contributed by atoms with E-state index in [0.717, 1.165) is 64.2 Å². The highest BCUT2D eigenvalue weighted by Crippen LogP contribution is 2.24. The van der Waals surface area contributed by atoms with E-state index in [4.69, 9.17) is 18.9 Å². The molecule has 1 heterocycles. The molecule has 1 saturated heterocycles. The lowest BCUT2D eigenvalue weighted by Gasteiger charge is -2.40. The quantitative estimate of drug-likeness (QED) is 0.0198. The molecule has 1 aliphatic heterocycles. The molecule has 64 heavy (non-hydrogen) atoms. The zero-order valence-corrected chi connectivity index (χ0v) is 39.9. The molecule has 6 atom stereocenters. The van der Waals surface area contributed by atoms with Gasteiger partial charge in [-0.25, -0.2) is 0 Å². The molecule has 0 aromatic rings. The van der Waals surface area contributed by atoms with Gasteiger partial charge in [-0.05, 0) is 89.9 Å². The van der Waals surface area contributed by atoms with Crippen molar-refractivity contribution in [1.82, 2.24) is 0 Å². The first-order valence-electron chi connectivity index (χ1n) is 24.1. The van der Waals surface area contributed by atoms with Crippen LogP contribution in [-0.2, 0) is 38.7 Å². The van der Waals surface area contributed by atoms with E-state index in [2.05, 4.69) is 92.8 Å². The second-order valence-corrected chi connectivity index (χ2v) is 17.9. The van der Waals surface area contributed by atoms with Gasteiger partial charge in [0, 0.05) is 12.8 Å². The molecule has 4 N–H and O–H groups in total. The summed E-state index contributed by atoms with van der Waals surface area (Å²) < 4.78 is 54.1. The van der Waals surface area contributed by atoms with E-state index in [-0.39, 0.29) is 19.4 Å². The Morgan fingerprint density at radius 2 is 0.953 bits per heavy atom. The minimum atomic E-state index is -4.62. The molecule has 0 radical (unpaired) electrons. The van der Waals surface area contributed by atoms with Crippen LogP contribution in [0.3, 0.4) is 0 Å². The lowest BCUT2D eigenvalue weighted by molar-refractivity contribution is -0.297. The van der Waals surface area contributed by atoms with Gasteiger partial charge in [-0.2, -0.15) is 8.42 Å². The Balaban J connectivity index is 2.49. The lowest BCUT2D eigenvalue weighted by Crippen LogP contribution is -2.60. The number of aliphatic hydroxyl groups is 3. The summed E-state index contributed by atoms with van der Waals surface area (Å²) >= 11 is 0. The third-order valence-corrected chi connectivity index (χ3v) is 11.2. The van der Waals surface area contributed by atoms with Crippen LogP contribution in [-0.4, -0.2) is 96.0 Å². The van der Waals surface area contributed by atoms with E-state index in [1.807, 2.05) is 6.08 Å². The summed E-state index contributed by atoms with van der Waals surface area (Å²) in [6.45, 7) is 3.65. The van der Waals surface area contributed by atoms with E-state index >= 15 is 0 Å². The summed E-state index contributed by atoms with van der Waals surface area (Å²) in [6, 6.07) is 0. The second-order valence-electron chi connectivity index (χ2n) is 16.4. The number of hydrogen-bond donors (Lipinski definition) is 4. The van der Waals surface area contributed by atoms with Crippen LogP contribution in [0.15, 0.2) is 85.1 Å². The molecule has 12 nitrogen and oxygen atoms in total. The number of allylic oxidation sites excluding steroid dienone is 14. The highest BCUT2D eigenvalue weighted by Gasteiger charge is 2.46. The SMILES string of the molecule is CCCCC/C=C/C/C=C/C/C=C/C/C=C/CCCCCC(=O)O[C@H](COC(=O)CCC/C=C/C/C=C/C/C=C/CCCCCCCC)CO[C@H]1O[C@H](CS(=O)(=O)O)[C@@H](O)C(O)C1O. The van der Waals surface area contributed by atoms with Crippen LogP contribution < -0.4 is 0 Å². The largest absolute Gasteiger partial charge is 0.462 e. The van der Waals surface area contributed by atoms with Gasteiger partial charge in [-0.1, -0.05) is 150 Å². The first-order chi connectivity index (χ1) is 31.0. The van der Waals surface area contributed by atoms with Crippen molar-refractivity contribution in [2.45, 2.75) is 205 Å². The van der Waals surface area contributed by atoms with Crippen LogP contribution in [0.4, 0.5) is 0 Å². The van der Waals surface area contributed by atoms with Crippen LogP contribution in [0, 0.1) is 0 Å². The summed E-state index contributed by atoms with van der Waals surface area (Å²) in [7, 11) is -4.62. The predicted molar refractivity (Wildman–Crippen MR) is 256 cm³/mol. The molecule has 1 rings (SSSR count). The highest BCUT2D eigenvalue weighted by atomic mass is 32.2. The molecule has 0 aromatic carbocycles. The maximum absolute atomic E-state index is 12.8. The molecule has 0 amide bonds. The van der Waals surface area contributed by atoms with Gasteiger partial charge in [0.1, 0.15) is 36.8 Å². The topological polar surface area (TPSA) is 186 Å². The molecule has 2 unspecified atom stereocenters. The molecule has 1 fully saturated rings. The molecule has 0 spiro atoms. The van der Waals surface area contributed by atoms with Gasteiger partial charge in [0.25, 0.3) is 10.1 Å². The molecule has 13 heteroatoms. The van der Waals surface area contributed by atoms with Gasteiger partial charge in [0.05, 0.1) is 6.61 Å². The van der Waals surface area contributed by atoms with Crippen LogP contribution in [0.5, 0.6) is 0 Å². The third kappa shape index (κ3) is 34.2. The molecule has 0 saturated carbocycles. The minimum absolute atomic E-state index is 0.112. The van der Waals surface area contributed by atoms with E-state index in [1.165, 1.54) is 57.8 Å². The summed E-state index contributed by atoms with van der Waals surface area (Å²) in [4.78, 5) is 25.4. The number of carbonyl (C=O) groups excluding carboxylic acids is 2. The molecular weight excluding hydrogens is 837 g/mol. The number of esters is 2. The monoisotopic (exact) mass is 921 g/mol. The minimum Gasteiger partial charge on any atom is -0.462 e. The Labute approximate surface area is 386 Å². The smallest absolute Gasteiger partial charge is 0.306 e. The fourth-order valence-corrected chi connectivity index (χ4v) is 7.37. The van der Waals surface area contributed by atoms with Crippen LogP contribution in [0.25, 0.3) is 0 Å². The van der Waals surface area contributed by atoms with Crippen LogP contribution in [0.2, 0.25) is 0 Å². The first-order valence-corrected chi connectivity index (χ1v) is 25.8. The second kappa shape index (κ2) is 40.1. The zero-order chi connectivity index (χ0) is 46.9. The van der Waals surface area contributed by atoms with Gasteiger partial charge < -0.3 is 34.3 Å². The Hall–Kier alpha value is -3.17. The van der Waals surface area contributed by atoms with Crippen molar-refractivity contribution in [2.24, 2.45) is 0 Å². The van der Waals surface area contributed by atoms with E-state index in [0.29, 0.717) is 19.3 Å². The predicted octanol–water partition coefficient (Wildman–Crippen LogP) is 10.4. The Kier molecular flexibility index (Phi) is 36.9. The van der Waals surface area contributed by atoms with Gasteiger partial charge in [-0.3, -0.25) is 14.1 Å². The maximum atomic E-state index is 12.8. The lowest BCUT2D eigenvalue weighted by atomic mass is 10.00. The van der Waals surface area contributed by atoms with Crippen molar-refractivity contribution in [3.63, 3.8) is 0 Å². The molecule has 0 aliphatic carbocycles. The molecule has 366 valence electrons. The van der Waals surface area contributed by atoms with Crippen molar-refractivity contribution in [2.75, 3.05) is 19.0 Å². The highest BCUT2D eigenvalue weighted by molar-refractivity contribution is 7.85. The summed E-state index contributed by atoms with van der Waals surface area (Å²) in [5, 5.41) is 30.9. The maximum Gasteiger partial charge on any atom is 0.306 e. The van der Waals surface area contributed by atoms with Gasteiger partial charge in [-0.15, -0.1) is 0 Å². The van der Waals surface area contributed by atoms with E-state index < -0.39 is 71.2 Å². The fraction of sp³-hybridized carbons (Fsp3) is 0.686. The number of unbranched alkanes of at least 4 members (excludes halogenated alkanes) is 13. The molecule has 0 aromatic heterocycles. The van der Waals surface area contributed by atoms with Crippen molar-refractivity contribution >= 4 is 22.1 Å². The summed E-state index contributed by atoms with van der Waals surface area (Å²) in [6.07, 6.45) is 43.4. The van der Waals surface area contributed by atoms with E-state index in [1.54, 1.807) is 0 Å². The summed E-state index contributed by atoms with van der Waals surface area (Å²) in [5.74, 6) is -2.10. The number of rotatable bonds is 39. The van der Waals surface area contributed by atoms with Crippen molar-refractivity contribution in [1.29, 1.82) is 0 Å². The average Bonchev–Trinajstić information content (AvgIpc) is 3.26. The van der Waals surface area contributed by atoms with Crippen molar-refractivity contribution in [3.8, 4) is 0 Å². The van der Waals surface area contributed by atoms with Gasteiger partial charge >= 0.3 is 11.9 Å². The fourth-order valence-electron chi connectivity index (χ4n) is 6.67. The molecule has 0 bridgehead atoms. The van der Waals surface area contributed by atoms with Crippen LogP contribution >= 0.6 is 0 Å². The molecular formula is C51H84O12S. The van der Waals surface area contributed by atoms with Crippen molar-refractivity contribution < 1.29 is 56.8 Å². The van der Waals surface area contributed by atoms with Gasteiger partial charge in [0.15, 0.2) is 12.4 Å². The standard InChI is InChI=1S/C51H84O12S/c1-3-5-7-9-11-13-15-17-19-21-22-24-26-28-30-32-34-36-38-40-47(53)62-44(42-61-51-50(56)49(55)48(54)45(63-51)43-64(57,58)59)41-60-46(52)39-37-35-33-31-29-27-25-23-20-18-16-14-12-10-8-6-4-2/h11,13,17-20,22,24-25,27-28,30-31,33,44-45,48-51,54-56H,3-10,12,14-16,21,23,26,29,32,34-43H2,1-2H3,(H,57,58,59)/b13-11+,19-17+,20-18+,24-22+,27-25+,30-28+,33-31+/t44-,45-,48-,49?,50?,51+/m1/s1. The van der Waals surface area contributed by atoms with Gasteiger partial charge in [0.2, 0.25) is 0 Å². The van der Waals surface area contributed by atoms with Crippen molar-refractivity contribution in [3.05, 3.63) is 85.1 Å². The average molecular weight is 921 g/mol. The van der Waals surface area contributed by atoms with Crippen LogP contribution in [0.1, 0.15) is 168 Å².